The van der Waals surface area contributed by atoms with Gasteiger partial charge in [-0.2, -0.15) is 0 Å². The fourth-order valence-electron chi connectivity index (χ4n) is 2.07. The Kier molecular flexibility index (Phi) is 2.79. The van der Waals surface area contributed by atoms with Gasteiger partial charge in [-0.05, 0) is 42.7 Å². The van der Waals surface area contributed by atoms with Crippen molar-refractivity contribution >= 4 is 27.1 Å². The Morgan fingerprint density at radius 3 is 2.94 bits per heavy atom. The second-order valence-electron chi connectivity index (χ2n) is 4.03. The molecule has 0 aliphatic carbocycles. The Morgan fingerprint density at radius 1 is 1.62 bits per heavy atom. The van der Waals surface area contributed by atoms with Crippen molar-refractivity contribution in [3.8, 4) is 0 Å². The molecule has 0 spiro atoms. The van der Waals surface area contributed by atoms with Gasteiger partial charge in [-0.25, -0.2) is 8.42 Å². The zero-order valence-corrected chi connectivity index (χ0v) is 10.3. The van der Waals surface area contributed by atoms with Crippen LogP contribution in [0.3, 0.4) is 0 Å². The van der Waals surface area contributed by atoms with Crippen LogP contribution < -0.4 is 5.11 Å². The van der Waals surface area contributed by atoms with E-state index in [4.69, 9.17) is 0 Å². The number of carbonyl (C=O) groups is 1. The maximum Gasteiger partial charge on any atom is 0.190 e. The number of thiophene rings is 1. The van der Waals surface area contributed by atoms with Crippen molar-refractivity contribution in [1.29, 1.82) is 0 Å². The number of hydrogen-bond donors (Lipinski definition) is 0. The molecule has 1 aromatic heterocycles. The van der Waals surface area contributed by atoms with Crippen molar-refractivity contribution in [3.05, 3.63) is 17.0 Å². The molecule has 0 unspecified atom stereocenters. The monoisotopic (exact) mass is 259 g/mol. The fourth-order valence-corrected chi connectivity index (χ4v) is 5.39. The Morgan fingerprint density at radius 2 is 2.31 bits per heavy atom. The molecular formula is C10H11O4S2-. The first kappa shape index (κ1) is 11.6. The molecule has 88 valence electrons. The minimum Gasteiger partial charge on any atom is -0.550 e. The molecule has 0 radical (unpaired) electrons. The zero-order chi connectivity index (χ0) is 11.9. The molecule has 1 aromatic rings. The highest BCUT2D eigenvalue weighted by molar-refractivity contribution is 7.94. The van der Waals surface area contributed by atoms with E-state index in [0.717, 1.165) is 0 Å². The summed E-state index contributed by atoms with van der Waals surface area (Å²) in [5.74, 6) is -1.36. The van der Waals surface area contributed by atoms with Crippen LogP contribution >= 0.6 is 11.3 Å². The Balaban J connectivity index is 2.46. The molecular weight excluding hydrogens is 248 g/mol. The highest BCUT2D eigenvalue weighted by Crippen LogP contribution is 2.41. The van der Waals surface area contributed by atoms with Gasteiger partial charge in [0.25, 0.3) is 0 Å². The highest BCUT2D eigenvalue weighted by Gasteiger charge is 2.37. The largest absolute Gasteiger partial charge is 0.550 e. The summed E-state index contributed by atoms with van der Waals surface area (Å²) in [5, 5.41) is 11.8. The molecule has 0 amide bonds. The van der Waals surface area contributed by atoms with Gasteiger partial charge in [-0.1, -0.05) is 0 Å². The van der Waals surface area contributed by atoms with Crippen LogP contribution in [0.25, 0.3) is 0 Å². The first-order chi connectivity index (χ1) is 7.43. The Bertz CT molecular complexity index is 515. The molecule has 1 aliphatic heterocycles. The van der Waals surface area contributed by atoms with E-state index in [1.165, 1.54) is 11.3 Å². The number of sulfone groups is 1. The van der Waals surface area contributed by atoms with Crippen molar-refractivity contribution in [2.24, 2.45) is 0 Å². The molecule has 6 heteroatoms. The summed E-state index contributed by atoms with van der Waals surface area (Å²) in [6.45, 7) is 1.63. The lowest BCUT2D eigenvalue weighted by atomic mass is 9.93. The lowest BCUT2D eigenvalue weighted by Crippen LogP contribution is -2.31. The van der Waals surface area contributed by atoms with E-state index in [0.29, 0.717) is 16.2 Å². The summed E-state index contributed by atoms with van der Waals surface area (Å²) < 4.78 is 24.2. The van der Waals surface area contributed by atoms with Crippen molar-refractivity contribution in [1.82, 2.24) is 0 Å². The molecule has 0 bridgehead atoms. The van der Waals surface area contributed by atoms with E-state index in [1.807, 2.05) is 0 Å². The molecule has 0 fully saturated rings. The average molecular weight is 259 g/mol. The smallest absolute Gasteiger partial charge is 0.190 e. The SMILES string of the molecule is C[C@H]1C[C@@H](CC(=O)[O-])c2ccsc2S1(=O)=O. The van der Waals surface area contributed by atoms with Gasteiger partial charge in [0.2, 0.25) is 0 Å². The number of rotatable bonds is 2. The summed E-state index contributed by atoms with van der Waals surface area (Å²) in [7, 11) is -3.24. The van der Waals surface area contributed by atoms with E-state index in [-0.39, 0.29) is 12.3 Å². The topological polar surface area (TPSA) is 74.3 Å². The van der Waals surface area contributed by atoms with Gasteiger partial charge in [-0.15, -0.1) is 11.3 Å². The first-order valence-electron chi connectivity index (χ1n) is 4.94. The Hall–Kier alpha value is -0.880. The molecule has 0 N–H and O–H groups in total. The van der Waals surface area contributed by atoms with Crippen LogP contribution in [-0.2, 0) is 14.6 Å². The summed E-state index contributed by atoms with van der Waals surface area (Å²) in [5.41, 5.74) is 0.646. The van der Waals surface area contributed by atoms with E-state index >= 15 is 0 Å². The summed E-state index contributed by atoms with van der Waals surface area (Å²) >= 11 is 1.17. The summed E-state index contributed by atoms with van der Waals surface area (Å²) in [4.78, 5) is 10.6. The van der Waals surface area contributed by atoms with E-state index < -0.39 is 21.1 Å². The quantitative estimate of drug-likeness (QED) is 0.777. The lowest BCUT2D eigenvalue weighted by Gasteiger charge is -2.27. The van der Waals surface area contributed by atoms with Crippen LogP contribution in [0.5, 0.6) is 0 Å². The normalized spacial score (nSPS) is 27.3. The Labute approximate surface area is 97.8 Å². The summed E-state index contributed by atoms with van der Waals surface area (Å²) in [6.07, 6.45) is 0.254. The minimum atomic E-state index is -3.24. The van der Waals surface area contributed by atoms with Gasteiger partial charge in [0, 0.05) is 5.97 Å². The van der Waals surface area contributed by atoms with Gasteiger partial charge in [0.05, 0.1) is 5.25 Å². The molecule has 16 heavy (non-hydrogen) atoms. The van der Waals surface area contributed by atoms with Gasteiger partial charge in [-0.3, -0.25) is 0 Å². The van der Waals surface area contributed by atoms with Crippen molar-refractivity contribution in [3.63, 3.8) is 0 Å². The number of carbonyl (C=O) groups excluding carboxylic acids is 1. The van der Waals surface area contributed by atoms with Crippen molar-refractivity contribution in [2.75, 3.05) is 0 Å². The molecule has 0 aromatic carbocycles. The third-order valence-electron chi connectivity index (χ3n) is 2.92. The van der Waals surface area contributed by atoms with Crippen LogP contribution in [-0.4, -0.2) is 19.6 Å². The lowest BCUT2D eigenvalue weighted by molar-refractivity contribution is -0.306. The van der Waals surface area contributed by atoms with Crippen molar-refractivity contribution < 1.29 is 18.3 Å². The second-order valence-corrected chi connectivity index (χ2v) is 7.51. The van der Waals surface area contributed by atoms with Crippen molar-refractivity contribution in [2.45, 2.75) is 35.1 Å². The van der Waals surface area contributed by atoms with Gasteiger partial charge < -0.3 is 9.90 Å². The van der Waals surface area contributed by atoms with Crippen LogP contribution in [0.1, 0.15) is 31.2 Å². The van der Waals surface area contributed by atoms with Crippen LogP contribution in [0.15, 0.2) is 15.7 Å². The fraction of sp³-hybridized carbons (Fsp3) is 0.500. The van der Waals surface area contributed by atoms with Gasteiger partial charge in [0.15, 0.2) is 9.84 Å². The second kappa shape index (κ2) is 3.85. The maximum absolute atomic E-state index is 11.9. The predicted octanol–water partition coefficient (Wildman–Crippen LogP) is 0.538. The molecule has 2 atom stereocenters. The molecule has 1 aliphatic rings. The zero-order valence-electron chi connectivity index (χ0n) is 8.67. The molecule has 2 rings (SSSR count). The first-order valence-corrected chi connectivity index (χ1v) is 7.36. The van der Waals surface area contributed by atoms with Gasteiger partial charge >= 0.3 is 0 Å². The number of hydrogen-bond acceptors (Lipinski definition) is 5. The van der Waals surface area contributed by atoms with E-state index in [1.54, 1.807) is 18.4 Å². The molecule has 0 saturated carbocycles. The predicted molar refractivity (Wildman–Crippen MR) is 57.9 cm³/mol. The van der Waals surface area contributed by atoms with Crippen LogP contribution in [0.2, 0.25) is 0 Å². The van der Waals surface area contributed by atoms with E-state index in [9.17, 15) is 18.3 Å². The third kappa shape index (κ3) is 1.76. The number of fused-ring (bicyclic) bond motifs is 1. The van der Waals surface area contributed by atoms with Crippen LogP contribution in [0.4, 0.5) is 0 Å². The van der Waals surface area contributed by atoms with Gasteiger partial charge in [0.1, 0.15) is 4.21 Å². The molecule has 2 heterocycles. The number of aliphatic carboxylic acids is 1. The highest BCUT2D eigenvalue weighted by atomic mass is 32.2. The maximum atomic E-state index is 11.9. The average Bonchev–Trinajstić information content (AvgIpc) is 2.62. The molecule has 0 saturated heterocycles. The molecule has 4 nitrogen and oxygen atoms in total. The third-order valence-corrected chi connectivity index (χ3v) is 6.63. The van der Waals surface area contributed by atoms with Crippen LogP contribution in [0, 0.1) is 0 Å². The number of carboxylic acids is 1. The summed E-state index contributed by atoms with van der Waals surface area (Å²) in [6, 6.07) is 1.71. The standard InChI is InChI=1S/C10H12O4S2/c1-6-4-7(5-9(11)12)8-2-3-15-10(8)16(6,13)14/h2-3,6-7H,4-5H2,1H3,(H,11,12)/p-1/t6-,7-/m0/s1. The minimum absolute atomic E-state index is 0.108. The number of carboxylic acid groups (broad SMARTS) is 1. The van der Waals surface area contributed by atoms with E-state index in [2.05, 4.69) is 0 Å².